The highest BCUT2D eigenvalue weighted by Crippen LogP contribution is 2.09. The lowest BCUT2D eigenvalue weighted by atomic mass is 10.1. The van der Waals surface area contributed by atoms with Crippen LogP contribution in [0.1, 0.15) is 17.0 Å². The molecule has 0 saturated heterocycles. The lowest BCUT2D eigenvalue weighted by Gasteiger charge is -2.15. The number of thiazole rings is 1. The first-order valence-corrected chi connectivity index (χ1v) is 6.80. The number of hydrogen-bond donors (Lipinski definition) is 0. The average molecular weight is 260 g/mol. The molecule has 0 fully saturated rings. The predicted octanol–water partition coefficient (Wildman–Crippen LogP) is 2.73. The number of rotatable bonds is 5. The van der Waals surface area contributed by atoms with E-state index in [4.69, 9.17) is 0 Å². The second kappa shape index (κ2) is 6.31. The van der Waals surface area contributed by atoms with Gasteiger partial charge in [0.15, 0.2) is 0 Å². The Labute approximate surface area is 111 Å². The summed E-state index contributed by atoms with van der Waals surface area (Å²) < 4.78 is 0. The van der Waals surface area contributed by atoms with Gasteiger partial charge in [-0.15, -0.1) is 11.3 Å². The summed E-state index contributed by atoms with van der Waals surface area (Å²) in [5, 5.41) is 2.91. The topological polar surface area (TPSA) is 33.2 Å². The third-order valence-corrected chi connectivity index (χ3v) is 3.52. The van der Waals surface area contributed by atoms with Gasteiger partial charge in [0.05, 0.1) is 6.54 Å². The highest BCUT2D eigenvalue weighted by molar-refractivity contribution is 7.09. The van der Waals surface area contributed by atoms with Crippen molar-refractivity contribution in [2.75, 3.05) is 7.05 Å². The van der Waals surface area contributed by atoms with Crippen molar-refractivity contribution >= 4 is 17.2 Å². The number of amides is 1. The Morgan fingerprint density at radius 3 is 2.78 bits per heavy atom. The van der Waals surface area contributed by atoms with E-state index < -0.39 is 0 Å². The van der Waals surface area contributed by atoms with Crippen LogP contribution in [0.5, 0.6) is 0 Å². The number of nitrogens with zero attached hydrogens (tertiary/aromatic N) is 2. The molecule has 0 aliphatic carbocycles. The summed E-state index contributed by atoms with van der Waals surface area (Å²) in [5.74, 6) is 0.161. The molecule has 4 heteroatoms. The van der Waals surface area contributed by atoms with Crippen LogP contribution in [0, 0.1) is 0 Å². The minimum atomic E-state index is 0.161. The smallest absolute Gasteiger partial charge is 0.223 e. The van der Waals surface area contributed by atoms with Crippen LogP contribution in [0.3, 0.4) is 0 Å². The Balaban J connectivity index is 1.81. The molecule has 0 bridgehead atoms. The molecule has 2 rings (SSSR count). The Morgan fingerprint density at radius 2 is 2.11 bits per heavy atom. The maximum absolute atomic E-state index is 11.9. The van der Waals surface area contributed by atoms with Gasteiger partial charge in [-0.2, -0.15) is 0 Å². The summed E-state index contributed by atoms with van der Waals surface area (Å²) >= 11 is 1.58. The van der Waals surface area contributed by atoms with Crippen molar-refractivity contribution in [1.29, 1.82) is 0 Å². The van der Waals surface area contributed by atoms with Crippen LogP contribution in [0.15, 0.2) is 41.9 Å². The molecule has 1 amide bonds. The first-order valence-electron chi connectivity index (χ1n) is 5.92. The molecule has 0 spiro atoms. The molecular formula is C14H16N2OS. The van der Waals surface area contributed by atoms with E-state index in [0.29, 0.717) is 13.0 Å². The Hall–Kier alpha value is -1.68. The van der Waals surface area contributed by atoms with E-state index >= 15 is 0 Å². The molecule has 0 N–H and O–H groups in total. The molecule has 18 heavy (non-hydrogen) atoms. The number of aromatic nitrogens is 1. The fourth-order valence-corrected chi connectivity index (χ4v) is 2.38. The molecule has 0 radical (unpaired) electrons. The highest BCUT2D eigenvalue weighted by atomic mass is 32.1. The van der Waals surface area contributed by atoms with Crippen molar-refractivity contribution in [3.63, 3.8) is 0 Å². The Bertz CT molecular complexity index is 482. The minimum Gasteiger partial charge on any atom is -0.339 e. The normalized spacial score (nSPS) is 10.3. The third-order valence-electron chi connectivity index (χ3n) is 2.75. The summed E-state index contributed by atoms with van der Waals surface area (Å²) in [6.45, 7) is 0.602. The maximum Gasteiger partial charge on any atom is 0.223 e. The van der Waals surface area contributed by atoms with Gasteiger partial charge in [0.2, 0.25) is 5.91 Å². The first kappa shape index (κ1) is 12.8. The van der Waals surface area contributed by atoms with E-state index in [-0.39, 0.29) is 5.91 Å². The van der Waals surface area contributed by atoms with Crippen LogP contribution in [0.25, 0.3) is 0 Å². The van der Waals surface area contributed by atoms with E-state index in [1.807, 2.05) is 42.8 Å². The van der Waals surface area contributed by atoms with Crippen molar-refractivity contribution in [2.45, 2.75) is 19.4 Å². The summed E-state index contributed by atoms with van der Waals surface area (Å²) in [7, 11) is 1.83. The average Bonchev–Trinajstić information content (AvgIpc) is 2.90. The molecule has 0 saturated carbocycles. The summed E-state index contributed by atoms with van der Waals surface area (Å²) in [6, 6.07) is 10.1. The highest BCUT2D eigenvalue weighted by Gasteiger charge is 2.10. The van der Waals surface area contributed by atoms with Crippen LogP contribution >= 0.6 is 11.3 Å². The molecular weight excluding hydrogens is 244 g/mol. The van der Waals surface area contributed by atoms with E-state index in [9.17, 15) is 4.79 Å². The molecule has 0 aliphatic heterocycles. The molecule has 3 nitrogen and oxygen atoms in total. The zero-order valence-corrected chi connectivity index (χ0v) is 11.2. The van der Waals surface area contributed by atoms with Gasteiger partial charge in [-0.25, -0.2) is 4.98 Å². The number of hydrogen-bond acceptors (Lipinski definition) is 3. The van der Waals surface area contributed by atoms with Crippen LogP contribution < -0.4 is 0 Å². The monoisotopic (exact) mass is 260 g/mol. The third kappa shape index (κ3) is 3.67. The number of carbonyl (C=O) groups excluding carboxylic acids is 1. The minimum absolute atomic E-state index is 0.161. The van der Waals surface area contributed by atoms with Gasteiger partial charge >= 0.3 is 0 Å². The van der Waals surface area contributed by atoms with Gasteiger partial charge in [-0.3, -0.25) is 4.79 Å². The fourth-order valence-electron chi connectivity index (χ4n) is 1.71. The molecule has 0 unspecified atom stereocenters. The quantitative estimate of drug-likeness (QED) is 0.828. The number of benzene rings is 1. The summed E-state index contributed by atoms with van der Waals surface area (Å²) in [5.41, 5.74) is 1.20. The van der Waals surface area contributed by atoms with Gasteiger partial charge in [0.25, 0.3) is 0 Å². The molecule has 1 aromatic carbocycles. The van der Waals surface area contributed by atoms with Crippen molar-refractivity contribution in [3.8, 4) is 0 Å². The molecule has 2 aromatic rings. The summed E-state index contributed by atoms with van der Waals surface area (Å²) in [6.07, 6.45) is 3.11. The van der Waals surface area contributed by atoms with Gasteiger partial charge in [0.1, 0.15) is 5.01 Å². The molecule has 94 valence electrons. The second-order valence-corrected chi connectivity index (χ2v) is 5.14. The van der Waals surface area contributed by atoms with Crippen LogP contribution in [0.2, 0.25) is 0 Å². The van der Waals surface area contributed by atoms with Crippen LogP contribution in [0.4, 0.5) is 0 Å². The lowest BCUT2D eigenvalue weighted by Crippen LogP contribution is -2.26. The van der Waals surface area contributed by atoms with Crippen molar-refractivity contribution in [1.82, 2.24) is 9.88 Å². The number of aryl methyl sites for hydroxylation is 1. The van der Waals surface area contributed by atoms with Gasteiger partial charge in [0, 0.05) is 25.0 Å². The Kier molecular flexibility index (Phi) is 4.47. The molecule has 1 aromatic heterocycles. The van der Waals surface area contributed by atoms with E-state index in [1.165, 1.54) is 5.56 Å². The predicted molar refractivity (Wildman–Crippen MR) is 73.4 cm³/mol. The van der Waals surface area contributed by atoms with E-state index in [2.05, 4.69) is 4.98 Å². The Morgan fingerprint density at radius 1 is 1.33 bits per heavy atom. The first-order chi connectivity index (χ1) is 8.75. The maximum atomic E-state index is 11.9. The van der Waals surface area contributed by atoms with E-state index in [1.54, 1.807) is 22.4 Å². The van der Waals surface area contributed by atoms with Crippen molar-refractivity contribution in [2.24, 2.45) is 0 Å². The molecule has 1 heterocycles. The molecule has 0 atom stereocenters. The number of carbonyl (C=O) groups is 1. The van der Waals surface area contributed by atoms with Crippen molar-refractivity contribution in [3.05, 3.63) is 52.5 Å². The van der Waals surface area contributed by atoms with Crippen LogP contribution in [-0.2, 0) is 17.8 Å². The summed E-state index contributed by atoms with van der Waals surface area (Å²) in [4.78, 5) is 17.9. The van der Waals surface area contributed by atoms with Crippen LogP contribution in [-0.4, -0.2) is 22.8 Å². The second-order valence-electron chi connectivity index (χ2n) is 4.16. The molecule has 0 aliphatic rings. The SMILES string of the molecule is CN(Cc1nccs1)C(=O)CCc1ccccc1. The van der Waals surface area contributed by atoms with Crippen molar-refractivity contribution < 1.29 is 4.79 Å². The zero-order valence-electron chi connectivity index (χ0n) is 10.4. The standard InChI is InChI=1S/C14H16N2OS/c1-16(11-13-15-9-10-18-13)14(17)8-7-12-5-3-2-4-6-12/h2-6,9-10H,7-8,11H2,1H3. The van der Waals surface area contributed by atoms with Gasteiger partial charge in [-0.1, -0.05) is 30.3 Å². The van der Waals surface area contributed by atoms with Gasteiger partial charge in [-0.05, 0) is 12.0 Å². The van der Waals surface area contributed by atoms with E-state index in [0.717, 1.165) is 11.4 Å². The fraction of sp³-hybridized carbons (Fsp3) is 0.286. The zero-order chi connectivity index (χ0) is 12.8. The lowest BCUT2D eigenvalue weighted by molar-refractivity contribution is -0.130. The van der Waals surface area contributed by atoms with Gasteiger partial charge < -0.3 is 4.90 Å². The largest absolute Gasteiger partial charge is 0.339 e.